The van der Waals surface area contributed by atoms with Gasteiger partial charge in [0.15, 0.2) is 5.75 Å². The molecule has 2 atom stereocenters. The Morgan fingerprint density at radius 3 is 2.37 bits per heavy atom. The summed E-state index contributed by atoms with van der Waals surface area (Å²) in [5, 5.41) is 3.22. The zero-order valence-electron chi connectivity index (χ0n) is 17.2. The summed E-state index contributed by atoms with van der Waals surface area (Å²) in [4.78, 5) is 15.2. The van der Waals surface area contributed by atoms with E-state index < -0.39 is 10.0 Å². The molecular formula is C22H27N3O4S. The molecule has 2 aromatic carbocycles. The van der Waals surface area contributed by atoms with Gasteiger partial charge in [-0.2, -0.15) is 0 Å². The van der Waals surface area contributed by atoms with Crippen LogP contribution in [-0.2, 0) is 10.0 Å². The quantitative estimate of drug-likeness (QED) is 0.737. The first-order valence-corrected chi connectivity index (χ1v) is 12.1. The number of benzene rings is 2. The third-order valence-electron chi connectivity index (χ3n) is 6.00. The van der Waals surface area contributed by atoms with Crippen molar-refractivity contribution in [3.8, 4) is 11.5 Å². The number of carbonyl (C=O) groups is 1. The number of anilines is 1. The van der Waals surface area contributed by atoms with Gasteiger partial charge in [0.1, 0.15) is 5.75 Å². The number of amides is 1. The molecule has 2 bridgehead atoms. The van der Waals surface area contributed by atoms with Gasteiger partial charge in [-0.15, -0.1) is 0 Å². The number of hydrogen-bond acceptors (Lipinski definition) is 5. The lowest BCUT2D eigenvalue weighted by Crippen LogP contribution is -2.62. The Morgan fingerprint density at radius 1 is 1.07 bits per heavy atom. The summed E-state index contributed by atoms with van der Waals surface area (Å²) >= 11 is 0. The van der Waals surface area contributed by atoms with Crippen molar-refractivity contribution in [3.63, 3.8) is 0 Å². The average molecular weight is 430 g/mol. The van der Waals surface area contributed by atoms with Gasteiger partial charge in [-0.3, -0.25) is 14.4 Å². The molecule has 0 aliphatic carbocycles. The molecule has 0 saturated carbocycles. The third-order valence-corrected chi connectivity index (χ3v) is 6.59. The summed E-state index contributed by atoms with van der Waals surface area (Å²) < 4.78 is 31.4. The van der Waals surface area contributed by atoms with Crippen molar-refractivity contribution >= 4 is 21.6 Å². The zero-order chi connectivity index (χ0) is 21.3. The van der Waals surface area contributed by atoms with E-state index >= 15 is 0 Å². The first-order chi connectivity index (χ1) is 14.3. The molecule has 3 aliphatic rings. The first-order valence-electron chi connectivity index (χ1n) is 10.2. The number of piperidine rings is 3. The van der Waals surface area contributed by atoms with Gasteiger partial charge in [-0.1, -0.05) is 12.1 Å². The standard InChI is InChI=1S/C22H27N3O4S/c1-15-21(16-11-13-25(15)14-12-16)23-22(26)17-7-9-18(10-8-17)29-20-6-4-3-5-19(20)24-30(2,27)28/h3-10,15-16,21,24H,11-14H2,1-2H3,(H,23,26)/t15-,21-/m0/s1. The highest BCUT2D eigenvalue weighted by atomic mass is 32.2. The highest BCUT2D eigenvalue weighted by molar-refractivity contribution is 7.92. The van der Waals surface area contributed by atoms with Crippen molar-refractivity contribution in [3.05, 3.63) is 54.1 Å². The Hall–Kier alpha value is -2.58. The van der Waals surface area contributed by atoms with E-state index in [0.29, 0.717) is 34.7 Å². The predicted molar refractivity (Wildman–Crippen MR) is 116 cm³/mol. The minimum Gasteiger partial charge on any atom is -0.455 e. The van der Waals surface area contributed by atoms with Gasteiger partial charge in [0.05, 0.1) is 11.9 Å². The van der Waals surface area contributed by atoms with Crippen LogP contribution in [0.5, 0.6) is 11.5 Å². The van der Waals surface area contributed by atoms with E-state index in [-0.39, 0.29) is 11.9 Å². The Balaban J connectivity index is 1.43. The van der Waals surface area contributed by atoms with Crippen LogP contribution in [-0.4, -0.2) is 50.7 Å². The predicted octanol–water partition coefficient (Wildman–Crippen LogP) is 3.06. The van der Waals surface area contributed by atoms with Crippen LogP contribution in [0, 0.1) is 5.92 Å². The highest BCUT2D eigenvalue weighted by Gasteiger charge is 2.40. The molecule has 1 amide bonds. The van der Waals surface area contributed by atoms with E-state index in [0.717, 1.165) is 32.2 Å². The van der Waals surface area contributed by atoms with Crippen molar-refractivity contribution in [1.29, 1.82) is 0 Å². The van der Waals surface area contributed by atoms with E-state index in [9.17, 15) is 13.2 Å². The minimum absolute atomic E-state index is 0.0775. The molecule has 0 aromatic heterocycles. The van der Waals surface area contributed by atoms with Gasteiger partial charge in [0.2, 0.25) is 10.0 Å². The van der Waals surface area contributed by atoms with Crippen LogP contribution in [0.15, 0.2) is 48.5 Å². The van der Waals surface area contributed by atoms with E-state index in [1.807, 2.05) is 0 Å². The molecule has 2 aromatic rings. The van der Waals surface area contributed by atoms with Crippen molar-refractivity contribution in [2.75, 3.05) is 24.1 Å². The van der Waals surface area contributed by atoms with Gasteiger partial charge in [0.25, 0.3) is 5.91 Å². The second-order valence-electron chi connectivity index (χ2n) is 8.11. The summed E-state index contributed by atoms with van der Waals surface area (Å²) in [7, 11) is -3.42. The first kappa shape index (κ1) is 20.7. The van der Waals surface area contributed by atoms with Crippen LogP contribution in [0.2, 0.25) is 0 Å². The van der Waals surface area contributed by atoms with Gasteiger partial charge in [-0.25, -0.2) is 8.42 Å². The number of para-hydroxylation sites is 2. The maximum atomic E-state index is 12.8. The number of sulfonamides is 1. The van der Waals surface area contributed by atoms with Crippen LogP contribution >= 0.6 is 0 Å². The SMILES string of the molecule is C[C@H]1[C@H](NC(=O)c2ccc(Oc3ccccc3NS(C)(=O)=O)cc2)C2CCN1CC2. The molecule has 160 valence electrons. The van der Waals surface area contributed by atoms with Crippen LogP contribution < -0.4 is 14.8 Å². The molecule has 3 fully saturated rings. The van der Waals surface area contributed by atoms with Crippen molar-refractivity contribution in [2.45, 2.75) is 31.8 Å². The summed E-state index contributed by atoms with van der Waals surface area (Å²) in [6.07, 6.45) is 3.37. The summed E-state index contributed by atoms with van der Waals surface area (Å²) in [6.45, 7) is 4.44. The maximum Gasteiger partial charge on any atom is 0.251 e. The van der Waals surface area contributed by atoms with Crippen LogP contribution in [0.4, 0.5) is 5.69 Å². The highest BCUT2D eigenvalue weighted by Crippen LogP contribution is 2.33. The molecule has 5 rings (SSSR count). The van der Waals surface area contributed by atoms with Crippen molar-refractivity contribution in [1.82, 2.24) is 10.2 Å². The summed E-state index contributed by atoms with van der Waals surface area (Å²) in [5.41, 5.74) is 0.937. The number of fused-ring (bicyclic) bond motifs is 3. The van der Waals surface area contributed by atoms with Crippen LogP contribution in [0.3, 0.4) is 0 Å². The number of hydrogen-bond donors (Lipinski definition) is 2. The third kappa shape index (κ3) is 4.60. The molecule has 0 spiro atoms. The molecule has 2 N–H and O–H groups in total. The smallest absolute Gasteiger partial charge is 0.251 e. The van der Waals surface area contributed by atoms with Gasteiger partial charge in [0, 0.05) is 17.6 Å². The molecule has 3 heterocycles. The van der Waals surface area contributed by atoms with Crippen LogP contribution in [0.25, 0.3) is 0 Å². The Morgan fingerprint density at radius 2 is 1.73 bits per heavy atom. The second-order valence-corrected chi connectivity index (χ2v) is 9.86. The normalized spacial score (nSPS) is 25.5. The molecule has 0 unspecified atom stereocenters. The minimum atomic E-state index is -3.42. The molecule has 3 aliphatic heterocycles. The average Bonchev–Trinajstić information content (AvgIpc) is 2.72. The lowest BCUT2D eigenvalue weighted by atomic mass is 9.79. The lowest BCUT2D eigenvalue weighted by Gasteiger charge is -2.49. The largest absolute Gasteiger partial charge is 0.455 e. The molecule has 8 heteroatoms. The molecule has 0 radical (unpaired) electrons. The molecule has 7 nitrogen and oxygen atoms in total. The summed E-state index contributed by atoms with van der Waals surface area (Å²) in [6, 6.07) is 14.2. The Kier molecular flexibility index (Phi) is 5.71. The van der Waals surface area contributed by atoms with Gasteiger partial charge in [-0.05, 0) is 75.2 Å². The number of nitrogens with zero attached hydrogens (tertiary/aromatic N) is 1. The Labute approximate surface area is 177 Å². The number of rotatable bonds is 6. The fourth-order valence-electron chi connectivity index (χ4n) is 4.42. The number of nitrogens with one attached hydrogen (secondary N) is 2. The second kappa shape index (κ2) is 8.28. The van der Waals surface area contributed by atoms with E-state index in [4.69, 9.17) is 4.74 Å². The maximum absolute atomic E-state index is 12.8. The van der Waals surface area contributed by atoms with E-state index in [1.54, 1.807) is 48.5 Å². The molecule has 30 heavy (non-hydrogen) atoms. The Bertz CT molecular complexity index is 1010. The number of carbonyl (C=O) groups excluding carboxylic acids is 1. The van der Waals surface area contributed by atoms with Crippen LogP contribution in [0.1, 0.15) is 30.1 Å². The fraction of sp³-hybridized carbons (Fsp3) is 0.409. The zero-order valence-corrected chi connectivity index (χ0v) is 18.0. The number of ether oxygens (including phenoxy) is 1. The van der Waals surface area contributed by atoms with Crippen molar-refractivity contribution in [2.24, 2.45) is 5.92 Å². The molecular weight excluding hydrogens is 402 g/mol. The lowest BCUT2D eigenvalue weighted by molar-refractivity contribution is 0.0217. The fourth-order valence-corrected chi connectivity index (χ4v) is 4.99. The van der Waals surface area contributed by atoms with E-state index in [2.05, 4.69) is 21.9 Å². The van der Waals surface area contributed by atoms with Gasteiger partial charge >= 0.3 is 0 Å². The van der Waals surface area contributed by atoms with Crippen molar-refractivity contribution < 1.29 is 17.9 Å². The monoisotopic (exact) mass is 429 g/mol. The summed E-state index contributed by atoms with van der Waals surface area (Å²) in [5.74, 6) is 1.38. The van der Waals surface area contributed by atoms with E-state index in [1.165, 1.54) is 0 Å². The molecule has 3 saturated heterocycles. The topological polar surface area (TPSA) is 87.7 Å². The van der Waals surface area contributed by atoms with Gasteiger partial charge < -0.3 is 10.1 Å².